The van der Waals surface area contributed by atoms with Crippen molar-refractivity contribution in [3.8, 4) is 11.8 Å². The number of carbonyl (C=O) groups is 1. The number of nitrogens with one attached hydrogen (secondary N) is 1. The lowest BCUT2D eigenvalue weighted by molar-refractivity contribution is -0.119. The van der Waals surface area contributed by atoms with Crippen molar-refractivity contribution in [2.24, 2.45) is 5.92 Å². The Labute approximate surface area is 105 Å². The van der Waals surface area contributed by atoms with Crippen LogP contribution in [0.2, 0.25) is 0 Å². The van der Waals surface area contributed by atoms with Gasteiger partial charge in [-0.05, 0) is 38.3 Å². The topological polar surface area (TPSA) is 32.3 Å². The molecular formula is C14H24N2O. The number of nitrogens with zero attached hydrogens (tertiary/aromatic N) is 1. The van der Waals surface area contributed by atoms with Gasteiger partial charge < -0.3 is 5.32 Å². The molecule has 1 saturated heterocycles. The van der Waals surface area contributed by atoms with E-state index in [-0.39, 0.29) is 5.91 Å². The van der Waals surface area contributed by atoms with Gasteiger partial charge in [0, 0.05) is 19.9 Å². The number of hydrogen-bond donors (Lipinski definition) is 1. The van der Waals surface area contributed by atoms with Crippen LogP contribution in [0.25, 0.3) is 0 Å². The van der Waals surface area contributed by atoms with E-state index in [9.17, 15) is 4.79 Å². The number of likely N-dealkylation sites (tertiary alicyclic amines) is 1. The van der Waals surface area contributed by atoms with Crippen LogP contribution in [0.1, 0.15) is 39.5 Å². The fraction of sp³-hybridized carbons (Fsp3) is 0.786. The largest absolute Gasteiger partial charge is 0.356 e. The molecule has 1 heterocycles. The first kappa shape index (κ1) is 14.1. The highest BCUT2D eigenvalue weighted by atomic mass is 16.1. The Morgan fingerprint density at radius 3 is 2.65 bits per heavy atom. The van der Waals surface area contributed by atoms with Crippen molar-refractivity contribution in [2.75, 3.05) is 26.2 Å². The number of carbonyl (C=O) groups excluding carboxylic acids is 1. The second-order valence-electron chi connectivity index (χ2n) is 4.70. The summed E-state index contributed by atoms with van der Waals surface area (Å²) >= 11 is 0. The standard InChI is InChI=1S/C14H24N2O/c1-3-4-5-10-16-11-7-14(8-12-16)6-9-15-13(2)17/h14H,3,6-12H2,1-2H3,(H,15,17). The molecule has 0 atom stereocenters. The van der Waals surface area contributed by atoms with E-state index >= 15 is 0 Å². The summed E-state index contributed by atoms with van der Waals surface area (Å²) in [5.41, 5.74) is 0. The van der Waals surface area contributed by atoms with Gasteiger partial charge in [0.1, 0.15) is 0 Å². The third-order valence-electron chi connectivity index (χ3n) is 3.24. The van der Waals surface area contributed by atoms with E-state index in [1.807, 2.05) is 0 Å². The van der Waals surface area contributed by atoms with Gasteiger partial charge in [-0.3, -0.25) is 9.69 Å². The molecule has 17 heavy (non-hydrogen) atoms. The number of hydrogen-bond acceptors (Lipinski definition) is 2. The lowest BCUT2D eigenvalue weighted by Crippen LogP contribution is -2.35. The number of amides is 1. The zero-order valence-electron chi connectivity index (χ0n) is 11.1. The summed E-state index contributed by atoms with van der Waals surface area (Å²) in [6, 6.07) is 0. The molecule has 1 N–H and O–H groups in total. The van der Waals surface area contributed by atoms with Crippen molar-refractivity contribution in [1.82, 2.24) is 10.2 Å². The van der Waals surface area contributed by atoms with Crippen LogP contribution < -0.4 is 5.32 Å². The van der Waals surface area contributed by atoms with Gasteiger partial charge in [-0.25, -0.2) is 0 Å². The first-order chi connectivity index (χ1) is 8.22. The molecule has 96 valence electrons. The Bertz CT molecular complexity index is 282. The van der Waals surface area contributed by atoms with Crippen LogP contribution in [-0.2, 0) is 4.79 Å². The van der Waals surface area contributed by atoms with E-state index in [4.69, 9.17) is 0 Å². The van der Waals surface area contributed by atoms with Crippen LogP contribution in [0.15, 0.2) is 0 Å². The van der Waals surface area contributed by atoms with Gasteiger partial charge in [0.2, 0.25) is 5.91 Å². The van der Waals surface area contributed by atoms with Crippen molar-refractivity contribution in [1.29, 1.82) is 0 Å². The molecule has 1 aliphatic heterocycles. The Kier molecular flexibility index (Phi) is 6.73. The van der Waals surface area contributed by atoms with Crippen molar-refractivity contribution < 1.29 is 4.79 Å². The lowest BCUT2D eigenvalue weighted by Gasteiger charge is -2.30. The summed E-state index contributed by atoms with van der Waals surface area (Å²) in [5.74, 6) is 7.17. The highest BCUT2D eigenvalue weighted by Gasteiger charge is 2.17. The predicted molar refractivity (Wildman–Crippen MR) is 70.5 cm³/mol. The van der Waals surface area contributed by atoms with Gasteiger partial charge in [-0.2, -0.15) is 0 Å². The van der Waals surface area contributed by atoms with Crippen molar-refractivity contribution in [3.05, 3.63) is 0 Å². The lowest BCUT2D eigenvalue weighted by atomic mass is 9.93. The zero-order chi connectivity index (χ0) is 12.5. The second kappa shape index (κ2) is 8.14. The van der Waals surface area contributed by atoms with E-state index in [1.165, 1.54) is 12.8 Å². The zero-order valence-corrected chi connectivity index (χ0v) is 11.1. The summed E-state index contributed by atoms with van der Waals surface area (Å²) in [7, 11) is 0. The summed E-state index contributed by atoms with van der Waals surface area (Å²) < 4.78 is 0. The fourth-order valence-electron chi connectivity index (χ4n) is 2.18. The third-order valence-corrected chi connectivity index (χ3v) is 3.24. The van der Waals surface area contributed by atoms with Crippen LogP contribution in [-0.4, -0.2) is 37.0 Å². The third kappa shape index (κ3) is 6.33. The van der Waals surface area contributed by atoms with Gasteiger partial charge >= 0.3 is 0 Å². The van der Waals surface area contributed by atoms with Crippen molar-refractivity contribution in [2.45, 2.75) is 39.5 Å². The van der Waals surface area contributed by atoms with Crippen molar-refractivity contribution in [3.63, 3.8) is 0 Å². The molecule has 0 aromatic heterocycles. The smallest absolute Gasteiger partial charge is 0.216 e. The SMILES string of the molecule is CCC#CCN1CCC(CCNC(C)=O)CC1. The fourth-order valence-corrected chi connectivity index (χ4v) is 2.18. The molecule has 0 saturated carbocycles. The summed E-state index contributed by atoms with van der Waals surface area (Å²) in [4.78, 5) is 13.2. The molecule has 0 aromatic carbocycles. The van der Waals surface area contributed by atoms with Gasteiger partial charge in [-0.1, -0.05) is 12.8 Å². The maximum absolute atomic E-state index is 10.7. The Balaban J connectivity index is 2.11. The van der Waals surface area contributed by atoms with E-state index in [1.54, 1.807) is 6.92 Å². The molecule has 0 spiro atoms. The molecule has 1 amide bonds. The number of rotatable bonds is 4. The predicted octanol–water partition coefficient (Wildman–Crippen LogP) is 1.64. The van der Waals surface area contributed by atoms with Crippen LogP contribution in [0.3, 0.4) is 0 Å². The molecule has 1 aliphatic rings. The van der Waals surface area contributed by atoms with E-state index in [0.717, 1.165) is 44.9 Å². The molecule has 1 fully saturated rings. The first-order valence-corrected chi connectivity index (χ1v) is 6.65. The van der Waals surface area contributed by atoms with Crippen LogP contribution in [0.4, 0.5) is 0 Å². The molecule has 0 aromatic rings. The Hall–Kier alpha value is -1.01. The van der Waals surface area contributed by atoms with E-state index < -0.39 is 0 Å². The summed E-state index contributed by atoms with van der Waals surface area (Å²) in [5, 5.41) is 2.87. The van der Waals surface area contributed by atoms with Gasteiger partial charge in [0.25, 0.3) is 0 Å². The molecule has 1 rings (SSSR count). The van der Waals surface area contributed by atoms with Crippen LogP contribution in [0, 0.1) is 17.8 Å². The molecule has 0 unspecified atom stereocenters. The van der Waals surface area contributed by atoms with Gasteiger partial charge in [0.05, 0.1) is 6.54 Å². The average molecular weight is 236 g/mol. The highest BCUT2D eigenvalue weighted by Crippen LogP contribution is 2.19. The Morgan fingerprint density at radius 2 is 2.06 bits per heavy atom. The van der Waals surface area contributed by atoms with E-state index in [2.05, 4.69) is 29.0 Å². The van der Waals surface area contributed by atoms with Crippen LogP contribution >= 0.6 is 0 Å². The maximum atomic E-state index is 10.7. The van der Waals surface area contributed by atoms with Crippen molar-refractivity contribution >= 4 is 5.91 Å². The minimum atomic E-state index is 0.0808. The highest BCUT2D eigenvalue weighted by molar-refractivity contribution is 5.72. The second-order valence-corrected chi connectivity index (χ2v) is 4.70. The first-order valence-electron chi connectivity index (χ1n) is 6.65. The average Bonchev–Trinajstić information content (AvgIpc) is 2.31. The monoisotopic (exact) mass is 236 g/mol. The number of piperidine rings is 1. The molecule has 0 bridgehead atoms. The summed E-state index contributed by atoms with van der Waals surface area (Å²) in [6.07, 6.45) is 4.56. The van der Waals surface area contributed by atoms with E-state index in [0.29, 0.717) is 0 Å². The molecular weight excluding hydrogens is 212 g/mol. The van der Waals surface area contributed by atoms with Crippen LogP contribution in [0.5, 0.6) is 0 Å². The molecule has 3 nitrogen and oxygen atoms in total. The normalized spacial score (nSPS) is 17.3. The minimum Gasteiger partial charge on any atom is -0.356 e. The maximum Gasteiger partial charge on any atom is 0.216 e. The molecule has 3 heteroatoms. The molecule has 0 radical (unpaired) electrons. The summed E-state index contributed by atoms with van der Waals surface area (Å²) in [6.45, 7) is 7.73. The molecule has 0 aliphatic carbocycles. The minimum absolute atomic E-state index is 0.0808. The Morgan fingerprint density at radius 1 is 1.35 bits per heavy atom. The van der Waals surface area contributed by atoms with Gasteiger partial charge in [-0.15, -0.1) is 5.92 Å². The van der Waals surface area contributed by atoms with Gasteiger partial charge in [0.15, 0.2) is 0 Å². The quantitative estimate of drug-likeness (QED) is 0.753.